The van der Waals surface area contributed by atoms with Crippen LogP contribution in [0.1, 0.15) is 70.4 Å². The first-order chi connectivity index (χ1) is 13.6. The maximum Gasteiger partial charge on any atom is 0.197 e. The molecule has 0 saturated carbocycles. The van der Waals surface area contributed by atoms with E-state index in [0.717, 1.165) is 24.3 Å². The van der Waals surface area contributed by atoms with E-state index >= 15 is 0 Å². The van der Waals surface area contributed by atoms with Crippen LogP contribution in [0, 0.1) is 0 Å². The number of ether oxygens (including phenoxy) is 3. The van der Waals surface area contributed by atoms with Crippen molar-refractivity contribution in [1.29, 1.82) is 0 Å². The van der Waals surface area contributed by atoms with E-state index in [0.29, 0.717) is 19.1 Å². The molecule has 2 atom stereocenters. The Balaban J connectivity index is 1.64. The molecule has 0 aliphatic rings. The zero-order valence-electron chi connectivity index (χ0n) is 17.9. The van der Waals surface area contributed by atoms with Crippen molar-refractivity contribution >= 4 is 0 Å². The van der Waals surface area contributed by atoms with Crippen LogP contribution in [-0.4, -0.2) is 19.5 Å². The minimum absolute atomic E-state index is 0.306. The van der Waals surface area contributed by atoms with Crippen molar-refractivity contribution in [3.63, 3.8) is 0 Å². The number of hydrogen-bond donors (Lipinski definition) is 0. The first kappa shape index (κ1) is 22.3. The van der Waals surface area contributed by atoms with Gasteiger partial charge in [-0.25, -0.2) is 0 Å². The predicted octanol–water partition coefficient (Wildman–Crippen LogP) is 6.75. The first-order valence-corrected chi connectivity index (χ1v) is 10.7. The Hall–Kier alpha value is -2.00. The largest absolute Gasteiger partial charge is 0.491 e. The fraction of sp³-hybridized carbons (Fsp3) is 0.520. The lowest BCUT2D eigenvalue weighted by Gasteiger charge is -2.17. The molecule has 154 valence electrons. The van der Waals surface area contributed by atoms with Gasteiger partial charge in [-0.1, -0.05) is 57.9 Å². The van der Waals surface area contributed by atoms with Crippen LogP contribution >= 0.6 is 0 Å². The van der Waals surface area contributed by atoms with E-state index in [9.17, 15) is 0 Å². The highest BCUT2D eigenvalue weighted by Crippen LogP contribution is 2.22. The summed E-state index contributed by atoms with van der Waals surface area (Å²) in [6, 6.07) is 16.7. The predicted molar refractivity (Wildman–Crippen MR) is 116 cm³/mol. The van der Waals surface area contributed by atoms with Crippen LogP contribution in [0.4, 0.5) is 0 Å². The van der Waals surface area contributed by atoms with Crippen molar-refractivity contribution < 1.29 is 14.2 Å². The molecule has 28 heavy (non-hydrogen) atoms. The average Bonchev–Trinajstić information content (AvgIpc) is 2.72. The second-order valence-corrected chi connectivity index (χ2v) is 7.38. The highest BCUT2D eigenvalue weighted by molar-refractivity contribution is 5.29. The van der Waals surface area contributed by atoms with Crippen LogP contribution < -0.4 is 9.47 Å². The molecule has 0 heterocycles. The van der Waals surface area contributed by atoms with Gasteiger partial charge in [0.2, 0.25) is 0 Å². The SMILES string of the molecule is CCCCCc1ccc(OCCOC(C)Oc2ccc(C(C)CC)cc2)cc1. The summed E-state index contributed by atoms with van der Waals surface area (Å²) in [5.74, 6) is 2.29. The molecule has 0 bridgehead atoms. The topological polar surface area (TPSA) is 27.7 Å². The quantitative estimate of drug-likeness (QED) is 0.282. The molecule has 0 aromatic heterocycles. The number of unbranched alkanes of at least 4 members (excludes halogenated alkanes) is 2. The van der Waals surface area contributed by atoms with Gasteiger partial charge in [0.15, 0.2) is 6.29 Å². The average molecular weight is 385 g/mol. The van der Waals surface area contributed by atoms with Gasteiger partial charge in [0, 0.05) is 0 Å². The molecule has 3 heteroatoms. The smallest absolute Gasteiger partial charge is 0.197 e. The Labute approximate surface area is 171 Å². The molecule has 0 aliphatic carbocycles. The van der Waals surface area contributed by atoms with Crippen LogP contribution in [0.25, 0.3) is 0 Å². The third-order valence-corrected chi connectivity index (χ3v) is 5.06. The lowest BCUT2D eigenvalue weighted by Crippen LogP contribution is -2.19. The summed E-state index contributed by atoms with van der Waals surface area (Å²) in [5.41, 5.74) is 2.71. The lowest BCUT2D eigenvalue weighted by atomic mass is 9.99. The summed E-state index contributed by atoms with van der Waals surface area (Å²) in [5, 5.41) is 0. The Bertz CT molecular complexity index is 648. The summed E-state index contributed by atoms with van der Waals surface area (Å²) in [6.07, 6.45) is 5.78. The van der Waals surface area contributed by atoms with E-state index in [-0.39, 0.29) is 6.29 Å². The molecule has 0 saturated heterocycles. The number of benzene rings is 2. The van der Waals surface area contributed by atoms with E-state index in [1.54, 1.807) is 0 Å². The molecule has 3 nitrogen and oxygen atoms in total. The van der Waals surface area contributed by atoms with Crippen LogP contribution in [0.2, 0.25) is 0 Å². The summed E-state index contributed by atoms with van der Waals surface area (Å²) in [4.78, 5) is 0. The highest BCUT2D eigenvalue weighted by atomic mass is 16.7. The van der Waals surface area contributed by atoms with Crippen LogP contribution in [0.5, 0.6) is 11.5 Å². The van der Waals surface area contributed by atoms with Gasteiger partial charge >= 0.3 is 0 Å². The van der Waals surface area contributed by atoms with Crippen molar-refractivity contribution in [1.82, 2.24) is 0 Å². The van der Waals surface area contributed by atoms with Crippen LogP contribution in [-0.2, 0) is 11.2 Å². The third-order valence-electron chi connectivity index (χ3n) is 5.06. The van der Waals surface area contributed by atoms with Gasteiger partial charge in [-0.3, -0.25) is 0 Å². The van der Waals surface area contributed by atoms with Gasteiger partial charge in [0.05, 0.1) is 6.61 Å². The van der Waals surface area contributed by atoms with E-state index in [1.807, 2.05) is 31.2 Å². The monoisotopic (exact) mass is 384 g/mol. The summed E-state index contributed by atoms with van der Waals surface area (Å²) in [6.45, 7) is 9.58. The fourth-order valence-corrected chi connectivity index (χ4v) is 3.04. The van der Waals surface area contributed by atoms with Gasteiger partial charge < -0.3 is 14.2 Å². The molecule has 2 unspecified atom stereocenters. The van der Waals surface area contributed by atoms with Crippen molar-refractivity contribution in [2.75, 3.05) is 13.2 Å². The molecule has 0 aliphatic heterocycles. The number of rotatable bonds is 13. The Morgan fingerprint density at radius 3 is 2.11 bits per heavy atom. The summed E-state index contributed by atoms with van der Waals surface area (Å²) < 4.78 is 17.3. The zero-order chi connectivity index (χ0) is 20.2. The molecule has 0 spiro atoms. The van der Waals surface area contributed by atoms with Gasteiger partial charge in [-0.2, -0.15) is 0 Å². The van der Waals surface area contributed by atoms with Gasteiger partial charge in [-0.15, -0.1) is 0 Å². The Kier molecular flexibility index (Phi) is 9.92. The van der Waals surface area contributed by atoms with Crippen molar-refractivity contribution in [2.45, 2.75) is 72.0 Å². The van der Waals surface area contributed by atoms with Crippen molar-refractivity contribution in [2.24, 2.45) is 0 Å². The second kappa shape index (κ2) is 12.5. The normalized spacial score (nSPS) is 13.1. The minimum atomic E-state index is -0.306. The molecule has 2 aromatic rings. The molecule has 2 rings (SSSR count). The van der Waals surface area contributed by atoms with E-state index in [4.69, 9.17) is 14.2 Å². The molecule has 0 fully saturated rings. The maximum atomic E-state index is 5.82. The fourth-order valence-electron chi connectivity index (χ4n) is 3.04. The van der Waals surface area contributed by atoms with E-state index in [2.05, 4.69) is 45.0 Å². The molecular weight excluding hydrogens is 348 g/mol. The van der Waals surface area contributed by atoms with E-state index in [1.165, 1.54) is 30.4 Å². The Morgan fingerprint density at radius 1 is 0.786 bits per heavy atom. The molecule has 2 aromatic carbocycles. The molecule has 0 radical (unpaired) electrons. The first-order valence-electron chi connectivity index (χ1n) is 10.7. The number of hydrogen-bond acceptors (Lipinski definition) is 3. The van der Waals surface area contributed by atoms with Gasteiger partial charge in [-0.05, 0) is 67.5 Å². The number of aryl methyl sites for hydroxylation is 1. The lowest BCUT2D eigenvalue weighted by molar-refractivity contribution is -0.0739. The Morgan fingerprint density at radius 2 is 1.46 bits per heavy atom. The second-order valence-electron chi connectivity index (χ2n) is 7.38. The highest BCUT2D eigenvalue weighted by Gasteiger charge is 2.06. The van der Waals surface area contributed by atoms with Crippen molar-refractivity contribution in [3.05, 3.63) is 59.7 Å². The minimum Gasteiger partial charge on any atom is -0.491 e. The van der Waals surface area contributed by atoms with Crippen LogP contribution in [0.3, 0.4) is 0 Å². The van der Waals surface area contributed by atoms with Crippen LogP contribution in [0.15, 0.2) is 48.5 Å². The standard InChI is InChI=1S/C25H36O3/c1-5-7-8-9-22-10-14-24(15-11-22)27-19-18-26-21(4)28-25-16-12-23(13-17-25)20(3)6-2/h10-17,20-21H,5-9,18-19H2,1-4H3. The third kappa shape index (κ3) is 7.93. The van der Waals surface area contributed by atoms with Gasteiger partial charge in [0.25, 0.3) is 0 Å². The summed E-state index contributed by atoms with van der Waals surface area (Å²) >= 11 is 0. The summed E-state index contributed by atoms with van der Waals surface area (Å²) in [7, 11) is 0. The molecule has 0 amide bonds. The van der Waals surface area contributed by atoms with Gasteiger partial charge in [0.1, 0.15) is 18.1 Å². The van der Waals surface area contributed by atoms with E-state index < -0.39 is 0 Å². The van der Waals surface area contributed by atoms with Crippen molar-refractivity contribution in [3.8, 4) is 11.5 Å². The zero-order valence-corrected chi connectivity index (χ0v) is 17.9. The molecule has 0 N–H and O–H groups in total. The molecular formula is C25H36O3. The maximum absolute atomic E-state index is 5.82.